The van der Waals surface area contributed by atoms with Crippen molar-refractivity contribution in [3.05, 3.63) is 30.5 Å². The minimum absolute atomic E-state index is 0.0417. The maximum absolute atomic E-state index is 11.4. The van der Waals surface area contributed by atoms with Crippen molar-refractivity contribution in [3.63, 3.8) is 0 Å². The molecule has 10 heteroatoms. The summed E-state index contributed by atoms with van der Waals surface area (Å²) in [4.78, 5) is 26.6. The number of piperidine rings is 1. The molecule has 2 atom stereocenters. The molecule has 5 rings (SSSR count). The van der Waals surface area contributed by atoms with Gasteiger partial charge in [-0.1, -0.05) is 12.1 Å². The number of piperazine rings is 1. The van der Waals surface area contributed by atoms with Gasteiger partial charge in [0, 0.05) is 49.5 Å². The average molecular weight is 452 g/mol. The number of fused-ring (bicyclic) bond motifs is 1. The van der Waals surface area contributed by atoms with Crippen molar-refractivity contribution >= 4 is 28.8 Å². The van der Waals surface area contributed by atoms with Gasteiger partial charge in [0.25, 0.3) is 0 Å². The van der Waals surface area contributed by atoms with E-state index in [0.717, 1.165) is 53.9 Å². The summed E-state index contributed by atoms with van der Waals surface area (Å²) in [5.74, 6) is 0.582. The van der Waals surface area contributed by atoms with Crippen molar-refractivity contribution in [1.29, 1.82) is 0 Å². The van der Waals surface area contributed by atoms with E-state index in [1.807, 2.05) is 13.8 Å². The minimum atomic E-state index is -0.897. The van der Waals surface area contributed by atoms with Crippen molar-refractivity contribution < 1.29 is 15.0 Å². The zero-order valence-corrected chi connectivity index (χ0v) is 18.8. The van der Waals surface area contributed by atoms with Crippen LogP contribution in [0.5, 0.6) is 0 Å². The number of hydrogen-bond donors (Lipinski definition) is 3. The highest BCUT2D eigenvalue weighted by Crippen LogP contribution is 2.30. The van der Waals surface area contributed by atoms with E-state index in [0.29, 0.717) is 19.0 Å². The molecule has 174 valence electrons. The third-order valence-corrected chi connectivity index (χ3v) is 6.68. The zero-order chi connectivity index (χ0) is 23.1. The largest absolute Gasteiger partial charge is 0.465 e. The molecule has 0 aliphatic carbocycles. The van der Waals surface area contributed by atoms with Crippen LogP contribution in [0.2, 0.25) is 0 Å². The lowest BCUT2D eigenvalue weighted by molar-refractivity contribution is 0.128. The molecule has 0 saturated carbocycles. The van der Waals surface area contributed by atoms with E-state index >= 15 is 0 Å². The van der Waals surface area contributed by atoms with Crippen molar-refractivity contribution in [2.45, 2.75) is 44.9 Å². The van der Waals surface area contributed by atoms with Gasteiger partial charge in [-0.05, 0) is 38.8 Å². The van der Waals surface area contributed by atoms with E-state index in [2.05, 4.69) is 49.2 Å². The first-order chi connectivity index (χ1) is 15.9. The normalized spacial score (nSPS) is 22.2. The lowest BCUT2D eigenvalue weighted by Gasteiger charge is -2.43. The smallest absolute Gasteiger partial charge is 0.407 e. The van der Waals surface area contributed by atoms with E-state index in [1.54, 1.807) is 6.20 Å². The van der Waals surface area contributed by atoms with Crippen LogP contribution in [0.4, 0.5) is 16.4 Å². The lowest BCUT2D eigenvalue weighted by atomic mass is 10.1. The number of aromatic amines is 1. The Kier molecular flexibility index (Phi) is 5.53. The lowest BCUT2D eigenvalue weighted by Crippen LogP contribution is -2.58. The summed E-state index contributed by atoms with van der Waals surface area (Å²) >= 11 is 0. The zero-order valence-electron chi connectivity index (χ0n) is 18.8. The van der Waals surface area contributed by atoms with Gasteiger partial charge in [-0.2, -0.15) is 5.10 Å². The molecular formula is C23H29N7O3. The van der Waals surface area contributed by atoms with E-state index in [-0.39, 0.29) is 18.2 Å². The summed E-state index contributed by atoms with van der Waals surface area (Å²) in [5, 5.41) is 26.6. The summed E-state index contributed by atoms with van der Waals surface area (Å²) in [7, 11) is 0. The number of anilines is 2. The SMILES string of the molecule is C[C@@H]1CN(C(=O)O)C[C@H](C)N1c1ncc2[nH]nc(-c3ccc(N4CCC(O)CC4)cc3)c2n1. The van der Waals surface area contributed by atoms with Crippen LogP contribution < -0.4 is 9.80 Å². The van der Waals surface area contributed by atoms with Gasteiger partial charge in [-0.15, -0.1) is 0 Å². The molecule has 0 spiro atoms. The second-order valence-electron chi connectivity index (χ2n) is 9.06. The number of rotatable bonds is 3. The second-order valence-corrected chi connectivity index (χ2v) is 9.06. The molecule has 10 nitrogen and oxygen atoms in total. The van der Waals surface area contributed by atoms with Crippen LogP contribution >= 0.6 is 0 Å². The number of aromatic nitrogens is 4. The summed E-state index contributed by atoms with van der Waals surface area (Å²) in [6.07, 6.45) is 2.24. The van der Waals surface area contributed by atoms with Crippen LogP contribution in [-0.2, 0) is 0 Å². The highest BCUT2D eigenvalue weighted by molar-refractivity contribution is 5.90. The maximum atomic E-state index is 11.4. The van der Waals surface area contributed by atoms with Gasteiger partial charge >= 0.3 is 6.09 Å². The van der Waals surface area contributed by atoms with Gasteiger partial charge < -0.3 is 24.9 Å². The number of aliphatic hydroxyl groups is 1. The highest BCUT2D eigenvalue weighted by atomic mass is 16.4. The molecule has 2 aliphatic heterocycles. The van der Waals surface area contributed by atoms with Crippen molar-refractivity contribution in [2.75, 3.05) is 36.0 Å². The molecule has 3 aromatic rings. The highest BCUT2D eigenvalue weighted by Gasteiger charge is 2.33. The second kappa shape index (κ2) is 8.51. The van der Waals surface area contributed by atoms with Crippen LogP contribution in [0, 0.1) is 0 Å². The Morgan fingerprint density at radius 3 is 2.39 bits per heavy atom. The predicted octanol–water partition coefficient (Wildman–Crippen LogP) is 2.56. The molecule has 0 radical (unpaired) electrons. The van der Waals surface area contributed by atoms with E-state index in [9.17, 15) is 15.0 Å². The summed E-state index contributed by atoms with van der Waals surface area (Å²) in [6, 6.07) is 8.19. The molecule has 2 fully saturated rings. The van der Waals surface area contributed by atoms with Crippen LogP contribution in [-0.4, -0.2) is 85.7 Å². The van der Waals surface area contributed by atoms with Gasteiger partial charge in [0.2, 0.25) is 5.95 Å². The molecule has 2 saturated heterocycles. The van der Waals surface area contributed by atoms with Gasteiger partial charge in [-0.3, -0.25) is 5.10 Å². The summed E-state index contributed by atoms with van der Waals surface area (Å²) in [6.45, 7) is 6.52. The topological polar surface area (TPSA) is 122 Å². The molecular weight excluding hydrogens is 422 g/mol. The fraction of sp³-hybridized carbons (Fsp3) is 0.478. The van der Waals surface area contributed by atoms with Gasteiger partial charge in [0.1, 0.15) is 16.7 Å². The van der Waals surface area contributed by atoms with Crippen LogP contribution in [0.1, 0.15) is 26.7 Å². The standard InChI is InChI=1S/C23H29N7O3/c1-14-12-29(23(32)33)13-15(2)30(14)22-24-11-19-21(25-22)20(27-26-19)16-3-5-17(6-4-16)28-9-7-18(31)8-10-28/h3-6,11,14-15,18,31H,7-10,12-13H2,1-2H3,(H,26,27)(H,32,33)/t14-,15+. The molecule has 2 aliphatic rings. The average Bonchev–Trinajstić information content (AvgIpc) is 3.22. The Balaban J connectivity index is 1.41. The first-order valence-corrected chi connectivity index (χ1v) is 11.4. The van der Waals surface area contributed by atoms with Crippen LogP contribution in [0.15, 0.2) is 30.5 Å². The molecule has 1 aromatic carbocycles. The molecule has 3 N–H and O–H groups in total. The quantitative estimate of drug-likeness (QED) is 0.555. The number of nitrogens with zero attached hydrogens (tertiary/aromatic N) is 6. The molecule has 33 heavy (non-hydrogen) atoms. The van der Waals surface area contributed by atoms with Gasteiger partial charge in [0.15, 0.2) is 0 Å². The van der Waals surface area contributed by atoms with Gasteiger partial charge in [-0.25, -0.2) is 14.8 Å². The Labute approximate surface area is 191 Å². The van der Waals surface area contributed by atoms with Crippen molar-refractivity contribution in [3.8, 4) is 11.3 Å². The molecule has 1 amide bonds. The Morgan fingerprint density at radius 2 is 1.76 bits per heavy atom. The number of carbonyl (C=O) groups is 1. The minimum Gasteiger partial charge on any atom is -0.465 e. The Morgan fingerprint density at radius 1 is 1.09 bits per heavy atom. The molecule has 2 aromatic heterocycles. The third-order valence-electron chi connectivity index (χ3n) is 6.68. The first-order valence-electron chi connectivity index (χ1n) is 11.4. The summed E-state index contributed by atoms with van der Waals surface area (Å²) < 4.78 is 0. The van der Waals surface area contributed by atoms with Gasteiger partial charge in [0.05, 0.1) is 12.3 Å². The Bertz CT molecular complexity index is 1130. The number of aliphatic hydroxyl groups excluding tert-OH is 1. The summed E-state index contributed by atoms with van der Waals surface area (Å²) in [5.41, 5.74) is 4.36. The Hall–Kier alpha value is -3.40. The van der Waals surface area contributed by atoms with Crippen molar-refractivity contribution in [2.24, 2.45) is 0 Å². The fourth-order valence-corrected chi connectivity index (χ4v) is 4.96. The number of H-pyrrole nitrogens is 1. The number of hydrogen-bond acceptors (Lipinski definition) is 7. The maximum Gasteiger partial charge on any atom is 0.407 e. The fourth-order valence-electron chi connectivity index (χ4n) is 4.96. The predicted molar refractivity (Wildman–Crippen MR) is 126 cm³/mol. The monoisotopic (exact) mass is 451 g/mol. The van der Waals surface area contributed by atoms with Crippen LogP contribution in [0.3, 0.4) is 0 Å². The molecule has 4 heterocycles. The molecule has 0 unspecified atom stereocenters. The van der Waals surface area contributed by atoms with Crippen LogP contribution in [0.25, 0.3) is 22.3 Å². The number of nitrogens with one attached hydrogen (secondary N) is 1. The number of amides is 1. The van der Waals surface area contributed by atoms with E-state index in [1.165, 1.54) is 4.90 Å². The van der Waals surface area contributed by atoms with E-state index < -0.39 is 6.09 Å². The number of carboxylic acid groups (broad SMARTS) is 1. The first kappa shape index (κ1) is 21.4. The molecule has 0 bridgehead atoms. The van der Waals surface area contributed by atoms with Crippen molar-refractivity contribution in [1.82, 2.24) is 25.1 Å². The van der Waals surface area contributed by atoms with E-state index in [4.69, 9.17) is 4.98 Å². The third kappa shape index (κ3) is 4.06. The number of benzene rings is 1.